The van der Waals surface area contributed by atoms with Crippen LogP contribution in [0.4, 0.5) is 10.1 Å². The number of halogens is 1. The van der Waals surface area contributed by atoms with Crippen LogP contribution in [0.25, 0.3) is 10.9 Å². The lowest BCUT2D eigenvalue weighted by atomic mass is 9.94. The summed E-state index contributed by atoms with van der Waals surface area (Å²) >= 11 is 0. The molecule has 1 aliphatic rings. The first-order valence-electron chi connectivity index (χ1n) is 8.15. The molecule has 126 valence electrons. The minimum absolute atomic E-state index is 0.271. The third-order valence-corrected chi connectivity index (χ3v) is 4.69. The van der Waals surface area contributed by atoms with Crippen LogP contribution in [0.2, 0.25) is 0 Å². The Morgan fingerprint density at radius 2 is 2.12 bits per heavy atom. The number of benzene rings is 2. The summed E-state index contributed by atoms with van der Waals surface area (Å²) in [7, 11) is 1.40. The van der Waals surface area contributed by atoms with Crippen LogP contribution in [0, 0.1) is 5.82 Å². The quantitative estimate of drug-likeness (QED) is 0.669. The largest absolute Gasteiger partial charge is 0.465 e. The maximum absolute atomic E-state index is 13.7. The van der Waals surface area contributed by atoms with E-state index in [-0.39, 0.29) is 11.8 Å². The van der Waals surface area contributed by atoms with Gasteiger partial charge in [0.15, 0.2) is 0 Å². The molecule has 0 spiro atoms. The number of esters is 1. The zero-order valence-corrected chi connectivity index (χ0v) is 13.8. The Bertz CT molecular complexity index is 971. The van der Waals surface area contributed by atoms with Gasteiger partial charge in [-0.3, -0.25) is 4.98 Å². The molecule has 1 aromatic heterocycles. The minimum Gasteiger partial charge on any atom is -0.465 e. The molecule has 3 aromatic rings. The molecule has 0 aliphatic carbocycles. The summed E-state index contributed by atoms with van der Waals surface area (Å²) in [6.07, 6.45) is 2.48. The summed E-state index contributed by atoms with van der Waals surface area (Å²) in [5, 5.41) is 0.801. The second kappa shape index (κ2) is 6.16. The highest BCUT2D eigenvalue weighted by atomic mass is 19.1. The van der Waals surface area contributed by atoms with E-state index in [1.165, 1.54) is 19.2 Å². The highest BCUT2D eigenvalue weighted by Gasteiger charge is 2.23. The fourth-order valence-electron chi connectivity index (χ4n) is 3.50. The van der Waals surface area contributed by atoms with Crippen LogP contribution < -0.4 is 4.90 Å². The van der Waals surface area contributed by atoms with Crippen molar-refractivity contribution in [2.24, 2.45) is 0 Å². The van der Waals surface area contributed by atoms with Crippen molar-refractivity contribution in [2.45, 2.75) is 13.0 Å². The molecule has 25 heavy (non-hydrogen) atoms. The lowest BCUT2D eigenvalue weighted by Crippen LogP contribution is -2.31. The maximum Gasteiger partial charge on any atom is 0.338 e. The van der Waals surface area contributed by atoms with Gasteiger partial charge >= 0.3 is 5.97 Å². The van der Waals surface area contributed by atoms with Crippen molar-refractivity contribution in [3.8, 4) is 0 Å². The van der Waals surface area contributed by atoms with Crippen LogP contribution in [-0.2, 0) is 17.7 Å². The summed E-state index contributed by atoms with van der Waals surface area (Å²) in [6, 6.07) is 12.3. The van der Waals surface area contributed by atoms with Gasteiger partial charge in [0, 0.05) is 30.4 Å². The van der Waals surface area contributed by atoms with Crippen molar-refractivity contribution >= 4 is 22.6 Å². The Morgan fingerprint density at radius 3 is 2.96 bits per heavy atom. The third-order valence-electron chi connectivity index (χ3n) is 4.69. The van der Waals surface area contributed by atoms with Crippen molar-refractivity contribution < 1.29 is 13.9 Å². The fourth-order valence-corrected chi connectivity index (χ4v) is 3.50. The van der Waals surface area contributed by atoms with E-state index < -0.39 is 0 Å². The minimum atomic E-state index is -0.304. The van der Waals surface area contributed by atoms with Gasteiger partial charge in [0.05, 0.1) is 18.2 Å². The van der Waals surface area contributed by atoms with E-state index in [0.717, 1.165) is 40.7 Å². The van der Waals surface area contributed by atoms with Crippen molar-refractivity contribution in [3.63, 3.8) is 0 Å². The predicted octanol–water partition coefficient (Wildman–Crippen LogP) is 3.72. The van der Waals surface area contributed by atoms with Gasteiger partial charge in [0.1, 0.15) is 5.82 Å². The van der Waals surface area contributed by atoms with Crippen LogP contribution >= 0.6 is 0 Å². The summed E-state index contributed by atoms with van der Waals surface area (Å²) in [5.74, 6) is -0.575. The highest BCUT2D eigenvalue weighted by Crippen LogP contribution is 2.31. The zero-order chi connectivity index (χ0) is 17.4. The number of rotatable bonds is 2. The number of nitrogens with zero attached hydrogens (tertiary/aromatic N) is 2. The van der Waals surface area contributed by atoms with Crippen molar-refractivity contribution in [1.29, 1.82) is 0 Å². The average Bonchev–Trinajstić information content (AvgIpc) is 2.66. The molecule has 0 saturated heterocycles. The Balaban J connectivity index is 1.75. The van der Waals surface area contributed by atoms with E-state index in [9.17, 15) is 9.18 Å². The van der Waals surface area contributed by atoms with Gasteiger partial charge in [0.25, 0.3) is 0 Å². The number of carbonyl (C=O) groups excluding carboxylic acids is 1. The number of fused-ring (bicyclic) bond motifs is 2. The average molecular weight is 336 g/mol. The Morgan fingerprint density at radius 1 is 1.24 bits per heavy atom. The second-order valence-corrected chi connectivity index (χ2v) is 6.10. The molecule has 0 radical (unpaired) electrons. The molecule has 0 saturated carbocycles. The molecule has 5 heteroatoms. The number of aromatic nitrogens is 1. The lowest BCUT2D eigenvalue weighted by Gasteiger charge is -2.32. The van der Waals surface area contributed by atoms with Crippen LogP contribution in [0.5, 0.6) is 0 Å². The van der Waals surface area contributed by atoms with Crippen molar-refractivity contribution in [3.05, 3.63) is 71.2 Å². The standard InChI is InChI=1S/C20H17FN2O2/c1-25-20(24)16-4-2-3-13-12-23(10-8-15(13)16)19-7-9-22-18-6-5-14(21)11-17(18)19/h2-7,9,11H,8,10,12H2,1H3. The van der Waals surface area contributed by atoms with Crippen molar-refractivity contribution in [1.82, 2.24) is 4.98 Å². The molecule has 4 nitrogen and oxygen atoms in total. The number of hydrogen-bond acceptors (Lipinski definition) is 4. The molecular formula is C20H17FN2O2. The molecule has 0 fully saturated rings. The SMILES string of the molecule is COC(=O)c1cccc2c1CCN(c1ccnc3ccc(F)cc13)C2. The number of carbonyl (C=O) groups is 1. The fraction of sp³-hybridized carbons (Fsp3) is 0.200. The molecule has 0 bridgehead atoms. The van der Waals surface area contributed by atoms with E-state index in [4.69, 9.17) is 4.74 Å². The molecule has 2 aromatic carbocycles. The van der Waals surface area contributed by atoms with E-state index in [2.05, 4.69) is 9.88 Å². The first kappa shape index (κ1) is 15.6. The number of methoxy groups -OCH3 is 1. The maximum atomic E-state index is 13.7. The van der Waals surface area contributed by atoms with Crippen LogP contribution in [0.15, 0.2) is 48.7 Å². The number of pyridine rings is 1. The van der Waals surface area contributed by atoms with E-state index in [1.54, 1.807) is 18.3 Å². The topological polar surface area (TPSA) is 42.4 Å². The molecule has 4 rings (SSSR count). The van der Waals surface area contributed by atoms with Crippen LogP contribution in [-0.4, -0.2) is 24.6 Å². The van der Waals surface area contributed by atoms with Gasteiger partial charge < -0.3 is 9.64 Å². The van der Waals surface area contributed by atoms with E-state index >= 15 is 0 Å². The number of hydrogen-bond donors (Lipinski definition) is 0. The molecule has 0 atom stereocenters. The van der Waals surface area contributed by atoms with Crippen LogP contribution in [0.1, 0.15) is 21.5 Å². The van der Waals surface area contributed by atoms with Gasteiger partial charge in [-0.05, 0) is 47.9 Å². The number of anilines is 1. The number of ether oxygens (including phenoxy) is 1. The molecule has 0 amide bonds. The van der Waals surface area contributed by atoms with E-state index in [0.29, 0.717) is 12.1 Å². The first-order chi connectivity index (χ1) is 12.2. The normalized spacial score (nSPS) is 13.6. The van der Waals surface area contributed by atoms with Gasteiger partial charge in [-0.15, -0.1) is 0 Å². The summed E-state index contributed by atoms with van der Waals surface area (Å²) in [4.78, 5) is 18.5. The third kappa shape index (κ3) is 2.71. The van der Waals surface area contributed by atoms with Gasteiger partial charge in [-0.25, -0.2) is 9.18 Å². The molecule has 2 heterocycles. The highest BCUT2D eigenvalue weighted by molar-refractivity contribution is 5.93. The zero-order valence-electron chi connectivity index (χ0n) is 13.8. The Kier molecular flexibility index (Phi) is 3.84. The summed E-state index contributed by atoms with van der Waals surface area (Å²) in [5.41, 5.74) is 4.49. The smallest absolute Gasteiger partial charge is 0.338 e. The van der Waals surface area contributed by atoms with Crippen LogP contribution in [0.3, 0.4) is 0 Å². The monoisotopic (exact) mass is 336 g/mol. The second-order valence-electron chi connectivity index (χ2n) is 6.10. The molecule has 1 aliphatic heterocycles. The molecule has 0 N–H and O–H groups in total. The predicted molar refractivity (Wildman–Crippen MR) is 94.2 cm³/mol. The Hall–Kier alpha value is -2.95. The lowest BCUT2D eigenvalue weighted by molar-refractivity contribution is 0.0599. The van der Waals surface area contributed by atoms with Crippen molar-refractivity contribution in [2.75, 3.05) is 18.6 Å². The Labute approximate surface area is 144 Å². The summed E-state index contributed by atoms with van der Waals surface area (Å²) < 4.78 is 18.6. The molecule has 0 unspecified atom stereocenters. The van der Waals surface area contributed by atoms with E-state index in [1.807, 2.05) is 18.2 Å². The van der Waals surface area contributed by atoms with Gasteiger partial charge in [-0.2, -0.15) is 0 Å². The van der Waals surface area contributed by atoms with Gasteiger partial charge in [-0.1, -0.05) is 12.1 Å². The first-order valence-corrected chi connectivity index (χ1v) is 8.15. The molecular weight excluding hydrogens is 319 g/mol. The van der Waals surface area contributed by atoms with Gasteiger partial charge in [0.2, 0.25) is 0 Å². The summed E-state index contributed by atoms with van der Waals surface area (Å²) in [6.45, 7) is 1.41.